The van der Waals surface area contributed by atoms with Crippen LogP contribution in [0.4, 0.5) is 4.39 Å². The maximum Gasteiger partial charge on any atom is 0.141 e. The zero-order valence-corrected chi connectivity index (χ0v) is 11.5. The Kier molecular flexibility index (Phi) is 3.80. The minimum Gasteiger partial charge on any atom is -0.312 e. The Morgan fingerprint density at radius 3 is 3.05 bits per heavy atom. The smallest absolute Gasteiger partial charge is 0.141 e. The van der Waals surface area contributed by atoms with Gasteiger partial charge < -0.3 is 5.32 Å². The molecule has 4 heteroatoms. The number of hydrogen-bond donors (Lipinski definition) is 1. The van der Waals surface area contributed by atoms with Gasteiger partial charge >= 0.3 is 0 Å². The lowest BCUT2D eigenvalue weighted by Gasteiger charge is -2.26. The number of likely N-dealkylation sites (tertiary alicyclic amines) is 1. The van der Waals surface area contributed by atoms with Gasteiger partial charge in [0.05, 0.1) is 17.9 Å². The first kappa shape index (κ1) is 13.0. The standard InChI is InChI=1S/C15H22FN3/c1-2-15(13-6-5-12(16)8-18-13)19-9-11-4-3-7-17-14(11)10-19/h5-6,8,11,14-15,17H,2-4,7,9-10H2,1H3/t11-,14+,15?/m0/s1. The van der Waals surface area contributed by atoms with Crippen LogP contribution < -0.4 is 5.32 Å². The molecule has 0 aliphatic carbocycles. The average molecular weight is 263 g/mol. The number of hydrogen-bond acceptors (Lipinski definition) is 3. The highest BCUT2D eigenvalue weighted by Crippen LogP contribution is 2.32. The summed E-state index contributed by atoms with van der Waals surface area (Å²) in [6, 6.07) is 4.32. The van der Waals surface area contributed by atoms with Crippen molar-refractivity contribution in [3.63, 3.8) is 0 Å². The van der Waals surface area contributed by atoms with Crippen molar-refractivity contribution in [2.24, 2.45) is 5.92 Å². The first-order chi connectivity index (χ1) is 9.28. The normalized spacial score (nSPS) is 29.2. The van der Waals surface area contributed by atoms with Gasteiger partial charge in [-0.05, 0) is 43.9 Å². The molecule has 2 aliphatic heterocycles. The lowest BCUT2D eigenvalue weighted by molar-refractivity contribution is 0.224. The van der Waals surface area contributed by atoms with Crippen LogP contribution >= 0.6 is 0 Å². The third-order valence-electron chi connectivity index (χ3n) is 4.55. The summed E-state index contributed by atoms with van der Waals surface area (Å²) in [7, 11) is 0. The summed E-state index contributed by atoms with van der Waals surface area (Å²) in [5.41, 5.74) is 1.00. The van der Waals surface area contributed by atoms with Crippen LogP contribution in [0.2, 0.25) is 0 Å². The van der Waals surface area contributed by atoms with Gasteiger partial charge in [0.1, 0.15) is 5.82 Å². The van der Waals surface area contributed by atoms with Gasteiger partial charge in [-0.25, -0.2) is 4.39 Å². The molecule has 0 radical (unpaired) electrons. The fourth-order valence-electron chi connectivity index (χ4n) is 3.57. The molecule has 0 bridgehead atoms. The molecular formula is C15H22FN3. The number of fused-ring (bicyclic) bond motifs is 1. The van der Waals surface area contributed by atoms with Crippen LogP contribution in [-0.2, 0) is 0 Å². The van der Waals surface area contributed by atoms with E-state index in [0.717, 1.165) is 37.7 Å². The molecule has 1 aromatic heterocycles. The molecule has 1 unspecified atom stereocenters. The Labute approximate surface area is 114 Å². The van der Waals surface area contributed by atoms with Crippen LogP contribution in [0.15, 0.2) is 18.3 Å². The zero-order valence-electron chi connectivity index (χ0n) is 11.5. The Morgan fingerprint density at radius 1 is 1.47 bits per heavy atom. The van der Waals surface area contributed by atoms with E-state index in [1.54, 1.807) is 0 Å². The molecule has 3 atom stereocenters. The molecular weight excluding hydrogens is 241 g/mol. The van der Waals surface area contributed by atoms with Crippen molar-refractivity contribution < 1.29 is 4.39 Å². The van der Waals surface area contributed by atoms with E-state index in [1.165, 1.54) is 25.1 Å². The van der Waals surface area contributed by atoms with Gasteiger partial charge in [-0.2, -0.15) is 0 Å². The van der Waals surface area contributed by atoms with Gasteiger partial charge in [0.15, 0.2) is 0 Å². The van der Waals surface area contributed by atoms with Gasteiger partial charge in [-0.3, -0.25) is 9.88 Å². The van der Waals surface area contributed by atoms with Crippen LogP contribution in [0.5, 0.6) is 0 Å². The predicted molar refractivity (Wildman–Crippen MR) is 73.3 cm³/mol. The van der Waals surface area contributed by atoms with Crippen molar-refractivity contribution in [1.82, 2.24) is 15.2 Å². The second kappa shape index (κ2) is 5.55. The van der Waals surface area contributed by atoms with Gasteiger partial charge in [0.2, 0.25) is 0 Å². The summed E-state index contributed by atoms with van der Waals surface area (Å²) in [4.78, 5) is 6.80. The van der Waals surface area contributed by atoms with Gasteiger partial charge in [0, 0.05) is 19.1 Å². The highest BCUT2D eigenvalue weighted by atomic mass is 19.1. The highest BCUT2D eigenvalue weighted by molar-refractivity contribution is 5.11. The molecule has 0 aromatic carbocycles. The number of piperidine rings is 1. The largest absolute Gasteiger partial charge is 0.312 e. The van der Waals surface area contributed by atoms with E-state index in [9.17, 15) is 4.39 Å². The summed E-state index contributed by atoms with van der Waals surface area (Å²) >= 11 is 0. The molecule has 1 aromatic rings. The Bertz CT molecular complexity index is 406. The Hall–Kier alpha value is -1.00. The lowest BCUT2D eigenvalue weighted by Crippen LogP contribution is -2.40. The average Bonchev–Trinajstić information content (AvgIpc) is 2.85. The third kappa shape index (κ3) is 2.65. The quantitative estimate of drug-likeness (QED) is 0.907. The van der Waals surface area contributed by atoms with Crippen LogP contribution in [0.3, 0.4) is 0 Å². The van der Waals surface area contributed by atoms with E-state index in [2.05, 4.69) is 22.1 Å². The molecule has 2 aliphatic rings. The zero-order chi connectivity index (χ0) is 13.2. The predicted octanol–water partition coefficient (Wildman–Crippen LogP) is 2.36. The SMILES string of the molecule is CCC(c1ccc(F)cn1)N1C[C@@H]2CCCN[C@@H]2C1. The van der Waals surface area contributed by atoms with Crippen molar-refractivity contribution in [3.8, 4) is 0 Å². The fourth-order valence-corrected chi connectivity index (χ4v) is 3.57. The first-order valence-electron chi connectivity index (χ1n) is 7.37. The summed E-state index contributed by atoms with van der Waals surface area (Å²) in [5, 5.41) is 3.63. The third-order valence-corrected chi connectivity index (χ3v) is 4.55. The second-order valence-electron chi connectivity index (χ2n) is 5.74. The number of aromatic nitrogens is 1. The number of nitrogens with zero attached hydrogens (tertiary/aromatic N) is 2. The number of halogens is 1. The van der Waals surface area contributed by atoms with E-state index in [-0.39, 0.29) is 5.82 Å². The van der Waals surface area contributed by atoms with Crippen molar-refractivity contribution in [3.05, 3.63) is 29.8 Å². The molecule has 1 N–H and O–H groups in total. The molecule has 3 rings (SSSR count). The summed E-state index contributed by atoms with van der Waals surface area (Å²) < 4.78 is 13.0. The topological polar surface area (TPSA) is 28.2 Å². The van der Waals surface area contributed by atoms with Crippen LogP contribution in [0.25, 0.3) is 0 Å². The summed E-state index contributed by atoms with van der Waals surface area (Å²) in [6.07, 6.45) is 4.99. The van der Waals surface area contributed by atoms with E-state index in [0.29, 0.717) is 12.1 Å². The van der Waals surface area contributed by atoms with Crippen LogP contribution in [-0.4, -0.2) is 35.6 Å². The maximum absolute atomic E-state index is 13.0. The van der Waals surface area contributed by atoms with Gasteiger partial charge in [-0.1, -0.05) is 6.92 Å². The van der Waals surface area contributed by atoms with Crippen molar-refractivity contribution in [2.75, 3.05) is 19.6 Å². The van der Waals surface area contributed by atoms with Crippen molar-refractivity contribution in [1.29, 1.82) is 0 Å². The number of rotatable bonds is 3. The molecule has 0 amide bonds. The minimum atomic E-state index is -0.254. The van der Waals surface area contributed by atoms with E-state index < -0.39 is 0 Å². The van der Waals surface area contributed by atoms with Crippen LogP contribution in [0, 0.1) is 11.7 Å². The minimum absolute atomic E-state index is 0.254. The highest BCUT2D eigenvalue weighted by Gasteiger charge is 2.37. The Morgan fingerprint density at radius 2 is 2.37 bits per heavy atom. The molecule has 0 saturated carbocycles. The first-order valence-corrected chi connectivity index (χ1v) is 7.37. The monoisotopic (exact) mass is 263 g/mol. The molecule has 3 nitrogen and oxygen atoms in total. The van der Waals surface area contributed by atoms with Crippen LogP contribution in [0.1, 0.15) is 37.9 Å². The van der Waals surface area contributed by atoms with Crippen molar-refractivity contribution >= 4 is 0 Å². The van der Waals surface area contributed by atoms with Gasteiger partial charge in [-0.15, -0.1) is 0 Å². The molecule has 0 spiro atoms. The molecule has 104 valence electrons. The molecule has 2 saturated heterocycles. The van der Waals surface area contributed by atoms with E-state index in [1.807, 2.05) is 6.07 Å². The maximum atomic E-state index is 13.0. The fraction of sp³-hybridized carbons (Fsp3) is 0.667. The second-order valence-corrected chi connectivity index (χ2v) is 5.74. The van der Waals surface area contributed by atoms with E-state index in [4.69, 9.17) is 0 Å². The Balaban J connectivity index is 1.74. The van der Waals surface area contributed by atoms with Crippen molar-refractivity contribution in [2.45, 2.75) is 38.3 Å². The lowest BCUT2D eigenvalue weighted by atomic mass is 9.94. The summed E-state index contributed by atoms with van der Waals surface area (Å²) in [6.45, 7) is 5.59. The number of pyridine rings is 1. The molecule has 3 heterocycles. The summed E-state index contributed by atoms with van der Waals surface area (Å²) in [5.74, 6) is 0.526. The molecule has 19 heavy (non-hydrogen) atoms. The molecule has 2 fully saturated rings. The van der Waals surface area contributed by atoms with Gasteiger partial charge in [0.25, 0.3) is 0 Å². The number of nitrogens with one attached hydrogen (secondary N) is 1. The van der Waals surface area contributed by atoms with E-state index >= 15 is 0 Å².